The average Bonchev–Trinajstić information content (AvgIpc) is 2.50. The first kappa shape index (κ1) is 17.1. The Morgan fingerprint density at radius 3 is 2.13 bits per heavy atom. The van der Waals surface area contributed by atoms with Crippen molar-refractivity contribution in [1.29, 1.82) is 0 Å². The van der Waals surface area contributed by atoms with E-state index in [1.807, 2.05) is 39.0 Å². The number of ether oxygens (including phenoxy) is 2. The minimum atomic E-state index is 0.156. The van der Waals surface area contributed by atoms with Gasteiger partial charge in [0.25, 0.3) is 0 Å². The molecule has 0 aliphatic carbocycles. The monoisotopic (exact) mass is 312 g/mol. The van der Waals surface area contributed by atoms with Crippen molar-refractivity contribution in [2.24, 2.45) is 0 Å². The van der Waals surface area contributed by atoms with E-state index in [9.17, 15) is 4.79 Å². The van der Waals surface area contributed by atoms with Crippen molar-refractivity contribution >= 4 is 5.78 Å². The van der Waals surface area contributed by atoms with Crippen LogP contribution in [0.25, 0.3) is 11.1 Å². The lowest BCUT2D eigenvalue weighted by Gasteiger charge is -2.21. The van der Waals surface area contributed by atoms with E-state index in [1.54, 1.807) is 21.1 Å². The second kappa shape index (κ2) is 6.86. The predicted octanol–water partition coefficient (Wildman–Crippen LogP) is 4.43. The van der Waals surface area contributed by atoms with Gasteiger partial charge in [-0.15, -0.1) is 0 Å². The molecule has 122 valence electrons. The van der Waals surface area contributed by atoms with Gasteiger partial charge in [-0.1, -0.05) is 24.3 Å². The Labute approximate surface area is 138 Å². The zero-order valence-corrected chi connectivity index (χ0v) is 14.7. The maximum atomic E-state index is 11.4. The molecule has 0 atom stereocenters. The van der Waals surface area contributed by atoms with Crippen LogP contribution >= 0.6 is 0 Å². The van der Waals surface area contributed by atoms with Gasteiger partial charge >= 0.3 is 0 Å². The number of benzene rings is 2. The lowest BCUT2D eigenvalue weighted by atomic mass is 9.91. The number of hydrogen-bond donors (Lipinski definition) is 0. The van der Waals surface area contributed by atoms with Gasteiger partial charge in [-0.2, -0.15) is 0 Å². The number of carbonyl (C=O) groups excluding carboxylic acids is 1. The molecule has 0 aromatic heterocycles. The first-order valence-electron chi connectivity index (χ1n) is 7.71. The first-order chi connectivity index (χ1) is 10.9. The van der Waals surface area contributed by atoms with Crippen molar-refractivity contribution in [2.45, 2.75) is 34.1 Å². The molecule has 3 heteroatoms. The SMILES string of the molecule is COc1c(C)c(C)c(OC)c(-c2cccc(CC(C)=O)c2)c1C. The average molecular weight is 312 g/mol. The summed E-state index contributed by atoms with van der Waals surface area (Å²) in [6.07, 6.45) is 0.442. The molecule has 0 radical (unpaired) electrons. The zero-order valence-electron chi connectivity index (χ0n) is 14.7. The lowest BCUT2D eigenvalue weighted by Crippen LogP contribution is -2.02. The Kier molecular flexibility index (Phi) is 5.09. The van der Waals surface area contributed by atoms with E-state index in [0.717, 1.165) is 44.9 Å². The van der Waals surface area contributed by atoms with E-state index in [0.29, 0.717) is 6.42 Å². The van der Waals surface area contributed by atoms with Crippen LogP contribution in [-0.2, 0) is 11.2 Å². The predicted molar refractivity (Wildman–Crippen MR) is 93.6 cm³/mol. The van der Waals surface area contributed by atoms with Gasteiger partial charge < -0.3 is 9.47 Å². The summed E-state index contributed by atoms with van der Waals surface area (Å²) in [5, 5.41) is 0. The molecule has 0 spiro atoms. The van der Waals surface area contributed by atoms with Gasteiger partial charge in [0, 0.05) is 17.5 Å². The molecule has 0 aliphatic heterocycles. The van der Waals surface area contributed by atoms with Crippen LogP contribution in [0.4, 0.5) is 0 Å². The topological polar surface area (TPSA) is 35.5 Å². The van der Waals surface area contributed by atoms with Crippen LogP contribution in [0.5, 0.6) is 11.5 Å². The highest BCUT2D eigenvalue weighted by Gasteiger charge is 2.20. The van der Waals surface area contributed by atoms with Crippen LogP contribution in [0.2, 0.25) is 0 Å². The molecule has 0 unspecified atom stereocenters. The summed E-state index contributed by atoms with van der Waals surface area (Å²) in [7, 11) is 3.38. The largest absolute Gasteiger partial charge is 0.496 e. The molecule has 0 aliphatic rings. The van der Waals surface area contributed by atoms with Gasteiger partial charge in [0.15, 0.2) is 0 Å². The van der Waals surface area contributed by atoms with Crippen molar-refractivity contribution in [3.8, 4) is 22.6 Å². The fourth-order valence-electron chi connectivity index (χ4n) is 3.13. The summed E-state index contributed by atoms with van der Waals surface area (Å²) in [4.78, 5) is 11.4. The number of carbonyl (C=O) groups is 1. The minimum Gasteiger partial charge on any atom is -0.496 e. The van der Waals surface area contributed by atoms with Gasteiger partial charge in [0.1, 0.15) is 17.3 Å². The van der Waals surface area contributed by atoms with Crippen molar-refractivity contribution in [2.75, 3.05) is 14.2 Å². The minimum absolute atomic E-state index is 0.156. The van der Waals surface area contributed by atoms with Crippen LogP contribution in [0.15, 0.2) is 24.3 Å². The van der Waals surface area contributed by atoms with Crippen molar-refractivity contribution in [3.63, 3.8) is 0 Å². The maximum absolute atomic E-state index is 11.4. The second-order valence-corrected chi connectivity index (χ2v) is 5.90. The van der Waals surface area contributed by atoms with E-state index in [1.165, 1.54) is 0 Å². The highest BCUT2D eigenvalue weighted by molar-refractivity contribution is 5.82. The van der Waals surface area contributed by atoms with Gasteiger partial charge in [0.05, 0.1) is 14.2 Å². The third-order valence-electron chi connectivity index (χ3n) is 4.26. The number of Topliss-reactive ketones (excluding diaryl/α,β-unsaturated/α-hetero) is 1. The molecule has 3 nitrogen and oxygen atoms in total. The quantitative estimate of drug-likeness (QED) is 0.819. The molecule has 23 heavy (non-hydrogen) atoms. The molecule has 0 heterocycles. The normalized spacial score (nSPS) is 10.5. The molecule has 0 bridgehead atoms. The van der Waals surface area contributed by atoms with Crippen LogP contribution in [0.3, 0.4) is 0 Å². The number of methoxy groups -OCH3 is 2. The Morgan fingerprint density at radius 2 is 1.57 bits per heavy atom. The number of ketones is 1. The summed E-state index contributed by atoms with van der Waals surface area (Å²) in [6.45, 7) is 7.73. The number of rotatable bonds is 5. The molecule has 0 saturated heterocycles. The van der Waals surface area contributed by atoms with Crippen molar-refractivity contribution < 1.29 is 14.3 Å². The molecule has 0 saturated carbocycles. The molecule has 2 rings (SSSR count). The van der Waals surface area contributed by atoms with E-state index >= 15 is 0 Å². The maximum Gasteiger partial charge on any atom is 0.134 e. The van der Waals surface area contributed by atoms with Crippen LogP contribution in [0.1, 0.15) is 29.2 Å². The van der Waals surface area contributed by atoms with E-state index in [4.69, 9.17) is 9.47 Å². The molecular weight excluding hydrogens is 288 g/mol. The zero-order chi connectivity index (χ0) is 17.1. The van der Waals surface area contributed by atoms with E-state index in [2.05, 4.69) is 6.07 Å². The standard InChI is InChI=1S/C20H24O3/c1-12(21)10-16-8-7-9-17(11-16)18-15(4)19(22-5)13(2)14(3)20(18)23-6/h7-9,11H,10H2,1-6H3. The summed E-state index contributed by atoms with van der Waals surface area (Å²) in [6, 6.07) is 8.06. The summed E-state index contributed by atoms with van der Waals surface area (Å²) < 4.78 is 11.3. The fraction of sp³-hybridized carbons (Fsp3) is 0.350. The highest BCUT2D eigenvalue weighted by Crippen LogP contribution is 2.43. The van der Waals surface area contributed by atoms with Crippen LogP contribution < -0.4 is 9.47 Å². The number of hydrogen-bond acceptors (Lipinski definition) is 3. The molecule has 2 aromatic rings. The molecule has 0 fully saturated rings. The van der Waals surface area contributed by atoms with Crippen LogP contribution in [0, 0.1) is 20.8 Å². The molecule has 0 N–H and O–H groups in total. The molecular formula is C20H24O3. The Hall–Kier alpha value is -2.29. The Balaban J connectivity index is 2.72. The summed E-state index contributed by atoms with van der Waals surface area (Å²) in [5.74, 6) is 1.90. The van der Waals surface area contributed by atoms with Crippen LogP contribution in [-0.4, -0.2) is 20.0 Å². The highest BCUT2D eigenvalue weighted by atomic mass is 16.5. The van der Waals surface area contributed by atoms with Crippen molar-refractivity contribution in [3.05, 3.63) is 46.5 Å². The van der Waals surface area contributed by atoms with Gasteiger partial charge in [-0.25, -0.2) is 0 Å². The Morgan fingerprint density at radius 1 is 0.957 bits per heavy atom. The Bertz CT molecular complexity index is 745. The smallest absolute Gasteiger partial charge is 0.134 e. The summed E-state index contributed by atoms with van der Waals surface area (Å²) in [5.41, 5.74) is 6.28. The van der Waals surface area contributed by atoms with E-state index < -0.39 is 0 Å². The van der Waals surface area contributed by atoms with Gasteiger partial charge in [-0.05, 0) is 49.9 Å². The molecule has 0 amide bonds. The second-order valence-electron chi connectivity index (χ2n) is 5.90. The summed E-state index contributed by atoms with van der Waals surface area (Å²) >= 11 is 0. The van der Waals surface area contributed by atoms with E-state index in [-0.39, 0.29) is 5.78 Å². The van der Waals surface area contributed by atoms with Crippen molar-refractivity contribution in [1.82, 2.24) is 0 Å². The fourth-order valence-corrected chi connectivity index (χ4v) is 3.13. The molecule has 2 aromatic carbocycles. The first-order valence-corrected chi connectivity index (χ1v) is 7.71. The van der Waals surface area contributed by atoms with Gasteiger partial charge in [-0.3, -0.25) is 4.79 Å². The third-order valence-corrected chi connectivity index (χ3v) is 4.26. The van der Waals surface area contributed by atoms with Gasteiger partial charge in [0.2, 0.25) is 0 Å². The lowest BCUT2D eigenvalue weighted by molar-refractivity contribution is -0.116. The third kappa shape index (κ3) is 3.24.